The van der Waals surface area contributed by atoms with Gasteiger partial charge in [0.05, 0.1) is 5.92 Å². The van der Waals surface area contributed by atoms with Gasteiger partial charge in [0.15, 0.2) is 15.2 Å². The fourth-order valence-corrected chi connectivity index (χ4v) is 6.04. The predicted octanol–water partition coefficient (Wildman–Crippen LogP) is 4.16. The van der Waals surface area contributed by atoms with Crippen molar-refractivity contribution in [1.29, 1.82) is 0 Å². The summed E-state index contributed by atoms with van der Waals surface area (Å²) in [7, 11) is -3.70. The fourth-order valence-electron chi connectivity index (χ4n) is 5.07. The Morgan fingerprint density at radius 2 is 1.73 bits per heavy atom. The van der Waals surface area contributed by atoms with Crippen LogP contribution in [-0.4, -0.2) is 44.0 Å². The maximum atomic E-state index is 14.2. The number of fused-ring (bicyclic) bond motifs is 3. The Kier molecular flexibility index (Phi) is 6.30. The van der Waals surface area contributed by atoms with Crippen molar-refractivity contribution in [2.75, 3.05) is 19.3 Å². The van der Waals surface area contributed by atoms with E-state index in [9.17, 15) is 26.4 Å². The zero-order valence-electron chi connectivity index (χ0n) is 21.1. The molecule has 208 valence electrons. The number of nitrogens with zero attached hydrogens (tertiary/aromatic N) is 2. The minimum Gasteiger partial charge on any atom is -0.352 e. The highest BCUT2D eigenvalue weighted by Crippen LogP contribution is 2.46. The van der Waals surface area contributed by atoms with Crippen molar-refractivity contribution in [3.05, 3.63) is 70.8 Å². The molecule has 0 radical (unpaired) electrons. The van der Waals surface area contributed by atoms with Crippen LogP contribution in [-0.2, 0) is 33.6 Å². The number of hydrogen-bond acceptors (Lipinski definition) is 8. The molecule has 0 bridgehead atoms. The number of hydrogen-bond donors (Lipinski definition) is 2. The van der Waals surface area contributed by atoms with E-state index < -0.39 is 32.7 Å². The number of amides is 1. The number of sulfone groups is 1. The summed E-state index contributed by atoms with van der Waals surface area (Å²) in [6.07, 6.45) is -3.07. The number of carbonyl (C=O) groups excluding carboxylic acids is 1. The molecule has 2 aromatic carbocycles. The maximum Gasteiger partial charge on any atom is 0.422 e. The first-order valence-electron chi connectivity index (χ1n) is 12.5. The lowest BCUT2D eigenvalue weighted by molar-refractivity contribution is -0.137. The molecule has 0 spiro atoms. The van der Waals surface area contributed by atoms with Gasteiger partial charge in [-0.1, -0.05) is 58.8 Å². The normalized spacial score (nSPS) is 16.1. The van der Waals surface area contributed by atoms with Crippen molar-refractivity contribution >= 4 is 15.7 Å². The van der Waals surface area contributed by atoms with Gasteiger partial charge in [-0.15, -0.1) is 0 Å². The zero-order chi connectivity index (χ0) is 28.2. The van der Waals surface area contributed by atoms with Crippen molar-refractivity contribution in [3.63, 3.8) is 0 Å². The van der Waals surface area contributed by atoms with E-state index in [1.807, 2.05) is 0 Å². The van der Waals surface area contributed by atoms with Crippen LogP contribution in [0.5, 0.6) is 0 Å². The number of aryl methyl sites for hydroxylation is 1. The van der Waals surface area contributed by atoms with Crippen LogP contribution in [0.3, 0.4) is 0 Å². The zero-order valence-corrected chi connectivity index (χ0v) is 21.9. The molecular weight excluding hydrogens is 549 g/mol. The molecule has 1 fully saturated rings. The molecule has 1 saturated heterocycles. The third-order valence-electron chi connectivity index (χ3n) is 7.20. The number of nitrogens with one attached hydrogen (secondary N) is 2. The largest absolute Gasteiger partial charge is 0.422 e. The summed E-state index contributed by atoms with van der Waals surface area (Å²) in [5, 5.41) is 12.2. The summed E-state index contributed by atoms with van der Waals surface area (Å²) in [6.45, 7) is 0.968. The second-order valence-corrected chi connectivity index (χ2v) is 12.1. The molecule has 0 saturated carbocycles. The number of aromatic nitrogens is 2. The first-order chi connectivity index (χ1) is 19.0. The molecular formula is C27H23F3N4O5S. The Morgan fingerprint density at radius 1 is 1.02 bits per heavy atom. The van der Waals surface area contributed by atoms with Crippen molar-refractivity contribution in [3.8, 4) is 34.0 Å². The molecule has 1 aliphatic heterocycles. The first kappa shape index (κ1) is 26.3. The highest BCUT2D eigenvalue weighted by Gasteiger charge is 2.43. The number of benzene rings is 2. The third-order valence-corrected chi connectivity index (χ3v) is 8.45. The van der Waals surface area contributed by atoms with Crippen LogP contribution < -0.4 is 10.6 Å². The van der Waals surface area contributed by atoms with Crippen molar-refractivity contribution < 1.29 is 35.4 Å². The van der Waals surface area contributed by atoms with Gasteiger partial charge < -0.3 is 19.7 Å². The smallest absolute Gasteiger partial charge is 0.352 e. The van der Waals surface area contributed by atoms with Crippen LogP contribution in [0.15, 0.2) is 57.6 Å². The quantitative estimate of drug-likeness (QED) is 0.353. The minimum atomic E-state index is -4.78. The number of alkyl halides is 3. The van der Waals surface area contributed by atoms with Crippen LogP contribution in [0.2, 0.25) is 0 Å². The minimum absolute atomic E-state index is 0.151. The van der Waals surface area contributed by atoms with Gasteiger partial charge in [-0.25, -0.2) is 8.42 Å². The van der Waals surface area contributed by atoms with Crippen molar-refractivity contribution in [1.82, 2.24) is 20.9 Å². The summed E-state index contributed by atoms with van der Waals surface area (Å²) in [4.78, 5) is 12.5. The fraction of sp³-hybridized carbons (Fsp3) is 0.296. The maximum absolute atomic E-state index is 14.2. The summed E-state index contributed by atoms with van der Waals surface area (Å²) in [5.74, 6) is -1.34. The monoisotopic (exact) mass is 572 g/mol. The lowest BCUT2D eigenvalue weighted by Gasteiger charge is -2.28. The molecule has 4 aromatic rings. The Bertz CT molecular complexity index is 1710. The molecule has 1 amide bonds. The van der Waals surface area contributed by atoms with Crippen LogP contribution in [0.1, 0.15) is 27.6 Å². The van der Waals surface area contributed by atoms with Gasteiger partial charge in [-0.2, -0.15) is 13.2 Å². The van der Waals surface area contributed by atoms with E-state index in [1.165, 1.54) is 12.1 Å². The van der Waals surface area contributed by atoms with E-state index in [4.69, 9.17) is 9.05 Å². The highest BCUT2D eigenvalue weighted by molar-refractivity contribution is 7.90. The molecule has 2 aromatic heterocycles. The molecule has 2 aliphatic rings. The Morgan fingerprint density at radius 3 is 2.38 bits per heavy atom. The van der Waals surface area contributed by atoms with Crippen LogP contribution in [0.4, 0.5) is 13.2 Å². The van der Waals surface area contributed by atoms with Crippen molar-refractivity contribution in [2.24, 2.45) is 5.92 Å². The van der Waals surface area contributed by atoms with E-state index in [-0.39, 0.29) is 35.3 Å². The topological polar surface area (TPSA) is 127 Å². The van der Waals surface area contributed by atoms with Crippen LogP contribution >= 0.6 is 0 Å². The second kappa shape index (κ2) is 9.59. The van der Waals surface area contributed by atoms with Gasteiger partial charge in [-0.3, -0.25) is 4.79 Å². The molecule has 40 heavy (non-hydrogen) atoms. The molecule has 2 N–H and O–H groups in total. The van der Waals surface area contributed by atoms with E-state index in [0.29, 0.717) is 41.9 Å². The van der Waals surface area contributed by atoms with E-state index in [1.54, 1.807) is 36.4 Å². The van der Waals surface area contributed by atoms with Gasteiger partial charge in [-0.05, 0) is 24.0 Å². The predicted molar refractivity (Wildman–Crippen MR) is 137 cm³/mol. The highest BCUT2D eigenvalue weighted by atomic mass is 32.2. The van der Waals surface area contributed by atoms with E-state index in [2.05, 4.69) is 20.9 Å². The standard InChI is InChI=1S/C27H23F3N4O5S/c1-40(36,37)26(32-25(35)17-12-31-13-17)16-8-9-18-15(11-16)7-10-19-22(18)34-38-23(19)24-20(27(28,29)30)21(33-39-24)14-5-3-2-4-6-14/h2-6,8-9,11,17,26,31H,7,10,12-13H2,1H3,(H,32,35). The van der Waals surface area contributed by atoms with Gasteiger partial charge in [0.25, 0.3) is 0 Å². The molecule has 1 atom stereocenters. The second-order valence-electron chi connectivity index (χ2n) is 9.93. The first-order valence-corrected chi connectivity index (χ1v) is 14.4. The molecule has 1 unspecified atom stereocenters. The Labute approximate surface area is 226 Å². The van der Waals surface area contributed by atoms with Crippen LogP contribution in [0.25, 0.3) is 34.0 Å². The average molecular weight is 573 g/mol. The summed E-state index contributed by atoms with van der Waals surface area (Å²) < 4.78 is 78.5. The summed E-state index contributed by atoms with van der Waals surface area (Å²) in [6, 6.07) is 12.8. The van der Waals surface area contributed by atoms with Crippen molar-refractivity contribution in [2.45, 2.75) is 24.4 Å². The molecule has 13 heteroatoms. The number of rotatable bonds is 6. The van der Waals surface area contributed by atoms with Crippen LogP contribution in [0, 0.1) is 5.92 Å². The molecule has 6 rings (SSSR count). The van der Waals surface area contributed by atoms with Gasteiger partial charge in [0, 0.05) is 36.0 Å². The number of halogens is 3. The SMILES string of the molecule is CS(=O)(=O)C(NC(=O)C1CNC1)c1ccc2c(c1)CCc1c-2noc1-c1onc(-c2ccccc2)c1C(F)(F)F. The summed E-state index contributed by atoms with van der Waals surface area (Å²) in [5.41, 5.74) is 1.34. The average Bonchev–Trinajstić information content (AvgIpc) is 3.50. The summed E-state index contributed by atoms with van der Waals surface area (Å²) >= 11 is 0. The van der Waals surface area contributed by atoms with Gasteiger partial charge in [0.1, 0.15) is 17.0 Å². The molecule has 1 aliphatic carbocycles. The number of carbonyl (C=O) groups is 1. The lowest BCUT2D eigenvalue weighted by Crippen LogP contribution is -2.52. The molecule has 9 nitrogen and oxygen atoms in total. The van der Waals surface area contributed by atoms with E-state index in [0.717, 1.165) is 11.8 Å². The van der Waals surface area contributed by atoms with Gasteiger partial charge >= 0.3 is 6.18 Å². The lowest BCUT2D eigenvalue weighted by atomic mass is 9.87. The Hall–Kier alpha value is -3.97. The van der Waals surface area contributed by atoms with E-state index >= 15 is 0 Å². The third kappa shape index (κ3) is 4.58. The Balaban J connectivity index is 1.37. The molecule has 3 heterocycles. The van der Waals surface area contributed by atoms with Gasteiger partial charge in [0.2, 0.25) is 17.4 Å².